The van der Waals surface area contributed by atoms with E-state index in [4.69, 9.17) is 30.5 Å². The van der Waals surface area contributed by atoms with Crippen LogP contribution in [0.15, 0.2) is 30.3 Å². The molecule has 0 amide bonds. The second-order valence-electron chi connectivity index (χ2n) is 5.64. The average Bonchev–Trinajstić information content (AvgIpc) is 3.07. The Kier molecular flexibility index (Phi) is 5.41. The maximum atomic E-state index is 6.01. The molecule has 7 nitrogen and oxygen atoms in total. The van der Waals surface area contributed by atoms with Gasteiger partial charge in [0.2, 0.25) is 11.5 Å². The summed E-state index contributed by atoms with van der Waals surface area (Å²) in [5.41, 5.74) is 3.01. The first kappa shape index (κ1) is 18.8. The third-order valence-corrected chi connectivity index (χ3v) is 4.44. The lowest BCUT2D eigenvalue weighted by Crippen LogP contribution is -2.02. The van der Waals surface area contributed by atoms with Crippen LogP contribution in [-0.2, 0) is 7.05 Å². The normalized spacial score (nSPS) is 10.6. The molecule has 0 radical (unpaired) electrons. The predicted octanol–water partition coefficient (Wildman–Crippen LogP) is 3.84. The Morgan fingerprint density at radius 3 is 2.04 bits per heavy atom. The summed E-state index contributed by atoms with van der Waals surface area (Å²) < 4.78 is 23.8. The molecule has 0 aliphatic heterocycles. The number of aryl methyl sites for hydroxylation is 1. The van der Waals surface area contributed by atoms with Crippen molar-refractivity contribution in [3.8, 4) is 45.5 Å². The first-order valence-electron chi connectivity index (χ1n) is 8.08. The summed E-state index contributed by atoms with van der Waals surface area (Å²) in [6, 6.07) is 9.21. The van der Waals surface area contributed by atoms with Crippen molar-refractivity contribution in [2.75, 3.05) is 28.4 Å². The molecular weight excluding hydrogens is 370 g/mol. The van der Waals surface area contributed by atoms with Crippen LogP contribution in [0.5, 0.6) is 23.0 Å². The van der Waals surface area contributed by atoms with E-state index in [1.165, 1.54) is 0 Å². The minimum absolute atomic E-state index is 0.428. The summed E-state index contributed by atoms with van der Waals surface area (Å²) in [6.45, 7) is 0. The molecule has 0 N–H and O–H groups in total. The Morgan fingerprint density at radius 1 is 0.852 bits per heavy atom. The Morgan fingerprint density at radius 2 is 1.48 bits per heavy atom. The van der Waals surface area contributed by atoms with Gasteiger partial charge in [0, 0.05) is 17.6 Å². The molecule has 3 rings (SSSR count). The van der Waals surface area contributed by atoms with E-state index in [9.17, 15) is 0 Å². The first-order valence-corrected chi connectivity index (χ1v) is 8.46. The summed E-state index contributed by atoms with van der Waals surface area (Å²) in [5.74, 6) is 1.88. The standard InChI is InChI=1S/C19H20ClN3O4/c1-23-16(15(21-22-23)11-6-8-12(20)9-7-11)13-10-14(24-2)18(26-4)19(27-5)17(13)25-3/h6-10H,1-5H3. The zero-order chi connectivity index (χ0) is 19.6. The smallest absolute Gasteiger partial charge is 0.207 e. The molecule has 2 aromatic carbocycles. The lowest BCUT2D eigenvalue weighted by atomic mass is 10.0. The molecule has 0 saturated heterocycles. The van der Waals surface area contributed by atoms with E-state index >= 15 is 0 Å². The van der Waals surface area contributed by atoms with E-state index in [0.717, 1.165) is 11.3 Å². The van der Waals surface area contributed by atoms with Gasteiger partial charge in [0.05, 0.1) is 34.0 Å². The minimum Gasteiger partial charge on any atom is -0.493 e. The van der Waals surface area contributed by atoms with Crippen molar-refractivity contribution in [3.63, 3.8) is 0 Å². The van der Waals surface area contributed by atoms with Gasteiger partial charge >= 0.3 is 0 Å². The SMILES string of the molecule is COc1cc(-c2c(-c3ccc(Cl)cc3)nnn2C)c(OC)c(OC)c1OC. The predicted molar refractivity (Wildman–Crippen MR) is 103 cm³/mol. The third-order valence-electron chi connectivity index (χ3n) is 4.19. The lowest BCUT2D eigenvalue weighted by Gasteiger charge is -2.19. The second-order valence-corrected chi connectivity index (χ2v) is 6.08. The van der Waals surface area contributed by atoms with E-state index in [-0.39, 0.29) is 0 Å². The van der Waals surface area contributed by atoms with Gasteiger partial charge in [0.1, 0.15) is 11.4 Å². The van der Waals surface area contributed by atoms with Crippen LogP contribution in [0.1, 0.15) is 0 Å². The molecule has 0 aliphatic rings. The van der Waals surface area contributed by atoms with Crippen LogP contribution in [0.2, 0.25) is 5.02 Å². The Balaban J connectivity index is 2.31. The highest BCUT2D eigenvalue weighted by Gasteiger charge is 2.26. The molecule has 0 atom stereocenters. The monoisotopic (exact) mass is 389 g/mol. The summed E-state index contributed by atoms with van der Waals surface area (Å²) in [4.78, 5) is 0. The lowest BCUT2D eigenvalue weighted by molar-refractivity contribution is 0.306. The van der Waals surface area contributed by atoms with Crippen molar-refractivity contribution in [1.82, 2.24) is 15.0 Å². The van der Waals surface area contributed by atoms with E-state index in [0.29, 0.717) is 39.3 Å². The van der Waals surface area contributed by atoms with E-state index in [1.807, 2.05) is 37.4 Å². The van der Waals surface area contributed by atoms with Crippen molar-refractivity contribution in [3.05, 3.63) is 35.4 Å². The van der Waals surface area contributed by atoms with Crippen LogP contribution < -0.4 is 18.9 Å². The van der Waals surface area contributed by atoms with Crippen LogP contribution in [0.4, 0.5) is 0 Å². The van der Waals surface area contributed by atoms with Crippen molar-refractivity contribution in [2.24, 2.45) is 7.05 Å². The van der Waals surface area contributed by atoms with E-state index in [2.05, 4.69) is 10.3 Å². The molecule has 142 valence electrons. The van der Waals surface area contributed by atoms with Crippen molar-refractivity contribution in [1.29, 1.82) is 0 Å². The number of ether oxygens (including phenoxy) is 4. The molecule has 1 aromatic heterocycles. The first-order chi connectivity index (χ1) is 13.0. The molecule has 0 bridgehead atoms. The Hall–Kier alpha value is -2.93. The van der Waals surface area contributed by atoms with Gasteiger partial charge in [-0.05, 0) is 18.2 Å². The van der Waals surface area contributed by atoms with Crippen LogP contribution in [0.3, 0.4) is 0 Å². The van der Waals surface area contributed by atoms with Crippen molar-refractivity contribution in [2.45, 2.75) is 0 Å². The Labute approximate surface area is 162 Å². The highest BCUT2D eigenvalue weighted by Crippen LogP contribution is 2.51. The molecule has 8 heteroatoms. The van der Waals surface area contributed by atoms with E-state index < -0.39 is 0 Å². The molecular formula is C19H20ClN3O4. The van der Waals surface area contributed by atoms with Gasteiger partial charge in [-0.15, -0.1) is 5.10 Å². The molecule has 0 fully saturated rings. The summed E-state index contributed by atoms with van der Waals surface area (Å²) in [5, 5.41) is 9.16. The number of aromatic nitrogens is 3. The van der Waals surface area contributed by atoms with Crippen LogP contribution >= 0.6 is 11.6 Å². The number of nitrogens with zero attached hydrogens (tertiary/aromatic N) is 3. The fourth-order valence-electron chi connectivity index (χ4n) is 2.97. The fourth-order valence-corrected chi connectivity index (χ4v) is 3.10. The van der Waals surface area contributed by atoms with Gasteiger partial charge in [-0.3, -0.25) is 0 Å². The maximum absolute atomic E-state index is 6.01. The number of benzene rings is 2. The largest absolute Gasteiger partial charge is 0.493 e. The van der Waals surface area contributed by atoms with Crippen LogP contribution in [-0.4, -0.2) is 43.4 Å². The summed E-state index contributed by atoms with van der Waals surface area (Å²) in [7, 11) is 8.04. The van der Waals surface area contributed by atoms with Crippen molar-refractivity contribution >= 4 is 11.6 Å². The quantitative estimate of drug-likeness (QED) is 0.638. The zero-order valence-corrected chi connectivity index (χ0v) is 16.5. The van der Waals surface area contributed by atoms with Gasteiger partial charge in [-0.1, -0.05) is 28.9 Å². The maximum Gasteiger partial charge on any atom is 0.207 e. The topological polar surface area (TPSA) is 67.6 Å². The molecule has 3 aromatic rings. The molecule has 0 spiro atoms. The summed E-state index contributed by atoms with van der Waals surface area (Å²) in [6.07, 6.45) is 0. The third kappa shape index (κ3) is 3.26. The Bertz CT molecular complexity index is 955. The van der Waals surface area contributed by atoms with Crippen LogP contribution in [0.25, 0.3) is 22.5 Å². The molecule has 27 heavy (non-hydrogen) atoms. The van der Waals surface area contributed by atoms with Gasteiger partial charge < -0.3 is 18.9 Å². The highest BCUT2D eigenvalue weighted by molar-refractivity contribution is 6.30. The molecule has 0 saturated carbocycles. The molecule has 1 heterocycles. The second kappa shape index (κ2) is 7.75. The number of methoxy groups -OCH3 is 4. The highest BCUT2D eigenvalue weighted by atomic mass is 35.5. The van der Waals surface area contributed by atoms with Gasteiger partial charge in [-0.2, -0.15) is 0 Å². The number of rotatable bonds is 6. The van der Waals surface area contributed by atoms with Crippen molar-refractivity contribution < 1.29 is 18.9 Å². The zero-order valence-electron chi connectivity index (χ0n) is 15.7. The van der Waals surface area contributed by atoms with Gasteiger partial charge in [-0.25, -0.2) is 4.68 Å². The summed E-state index contributed by atoms with van der Waals surface area (Å²) >= 11 is 6.01. The molecule has 0 aliphatic carbocycles. The number of hydrogen-bond acceptors (Lipinski definition) is 6. The number of hydrogen-bond donors (Lipinski definition) is 0. The van der Waals surface area contributed by atoms with Gasteiger partial charge in [0.25, 0.3) is 0 Å². The minimum atomic E-state index is 0.428. The average molecular weight is 390 g/mol. The van der Waals surface area contributed by atoms with E-state index in [1.54, 1.807) is 33.1 Å². The van der Waals surface area contributed by atoms with Gasteiger partial charge in [0.15, 0.2) is 11.5 Å². The van der Waals surface area contributed by atoms with Crippen LogP contribution in [0, 0.1) is 0 Å². The molecule has 0 unspecified atom stereocenters. The fraction of sp³-hybridized carbons (Fsp3) is 0.263. The number of halogens is 1.